The molecule has 4 nitrogen and oxygen atoms in total. The molecule has 0 aliphatic heterocycles. The fourth-order valence-corrected chi connectivity index (χ4v) is 0.952. The van der Waals surface area contributed by atoms with Crippen molar-refractivity contribution in [3.8, 4) is 0 Å². The van der Waals surface area contributed by atoms with Crippen molar-refractivity contribution in [1.82, 2.24) is 5.32 Å². The molecule has 1 amide bonds. The van der Waals surface area contributed by atoms with Gasteiger partial charge in [-0.2, -0.15) is 0 Å². The number of hydrogen-bond acceptors (Lipinski definition) is 3. The smallest absolute Gasteiger partial charge is 0.222 e. The van der Waals surface area contributed by atoms with Crippen LogP contribution in [0, 0.1) is 0 Å². The predicted octanol–water partition coefficient (Wildman–Crippen LogP) is 0.507. The lowest BCUT2D eigenvalue weighted by Crippen LogP contribution is -2.39. The van der Waals surface area contributed by atoms with Crippen LogP contribution in [-0.2, 0) is 14.3 Å². The summed E-state index contributed by atoms with van der Waals surface area (Å²) >= 11 is 0. The van der Waals surface area contributed by atoms with Gasteiger partial charge in [0.05, 0.1) is 12.6 Å². The van der Waals surface area contributed by atoms with Gasteiger partial charge in [0.25, 0.3) is 0 Å². The first kappa shape index (κ1) is 12.1. The summed E-state index contributed by atoms with van der Waals surface area (Å²) in [4.78, 5) is 22.1. The van der Waals surface area contributed by atoms with Gasteiger partial charge in [-0.25, -0.2) is 0 Å². The fourth-order valence-electron chi connectivity index (χ4n) is 0.952. The molecule has 0 aromatic heterocycles. The molecule has 0 aromatic carbocycles. The second-order valence-electron chi connectivity index (χ2n) is 2.88. The van der Waals surface area contributed by atoms with Crippen molar-refractivity contribution in [2.45, 2.75) is 32.7 Å². The van der Waals surface area contributed by atoms with E-state index < -0.39 is 0 Å². The normalized spacial score (nSPS) is 12.2. The topological polar surface area (TPSA) is 55.4 Å². The molecule has 0 heterocycles. The molecule has 0 radical (unpaired) electrons. The summed E-state index contributed by atoms with van der Waals surface area (Å²) in [6.45, 7) is 3.73. The van der Waals surface area contributed by atoms with Crippen molar-refractivity contribution >= 4 is 11.7 Å². The van der Waals surface area contributed by atoms with Crippen molar-refractivity contribution in [3.05, 3.63) is 0 Å². The Labute approximate surface area is 78.6 Å². The molecule has 1 unspecified atom stereocenters. The first-order valence-electron chi connectivity index (χ1n) is 4.40. The van der Waals surface area contributed by atoms with E-state index in [4.69, 9.17) is 4.74 Å². The third kappa shape index (κ3) is 5.36. The van der Waals surface area contributed by atoms with E-state index in [1.54, 1.807) is 0 Å². The lowest BCUT2D eigenvalue weighted by molar-refractivity contribution is -0.127. The third-order valence-electron chi connectivity index (χ3n) is 1.77. The average Bonchev–Trinajstić information content (AvgIpc) is 2.10. The largest absolute Gasteiger partial charge is 0.384 e. The van der Waals surface area contributed by atoms with Crippen molar-refractivity contribution in [2.75, 3.05) is 13.7 Å². The highest BCUT2D eigenvalue weighted by molar-refractivity contribution is 5.87. The molecule has 0 saturated heterocycles. The van der Waals surface area contributed by atoms with Gasteiger partial charge in [-0.15, -0.1) is 0 Å². The molecule has 0 aliphatic rings. The van der Waals surface area contributed by atoms with Gasteiger partial charge in [0.2, 0.25) is 5.91 Å². The molecular weight excluding hydrogens is 170 g/mol. The first-order valence-corrected chi connectivity index (χ1v) is 4.40. The highest BCUT2D eigenvalue weighted by Crippen LogP contribution is 1.93. The van der Waals surface area contributed by atoms with Crippen molar-refractivity contribution in [3.63, 3.8) is 0 Å². The van der Waals surface area contributed by atoms with Crippen LogP contribution < -0.4 is 5.32 Å². The minimum atomic E-state index is -0.343. The maximum absolute atomic E-state index is 11.1. The Bertz CT molecular complexity index is 180. The molecule has 0 rings (SSSR count). The number of rotatable bonds is 6. The van der Waals surface area contributed by atoms with Crippen LogP contribution in [0.3, 0.4) is 0 Å². The van der Waals surface area contributed by atoms with E-state index in [-0.39, 0.29) is 17.7 Å². The Morgan fingerprint density at radius 1 is 1.46 bits per heavy atom. The Morgan fingerprint density at radius 2 is 2.08 bits per heavy atom. The monoisotopic (exact) mass is 187 g/mol. The molecule has 0 fully saturated rings. The van der Waals surface area contributed by atoms with Crippen molar-refractivity contribution in [1.29, 1.82) is 0 Å². The van der Waals surface area contributed by atoms with Gasteiger partial charge in [-0.1, -0.05) is 6.92 Å². The van der Waals surface area contributed by atoms with E-state index in [0.29, 0.717) is 19.4 Å². The zero-order valence-corrected chi connectivity index (χ0v) is 8.42. The molecular formula is C9H17NO3. The summed E-state index contributed by atoms with van der Waals surface area (Å²) in [5.74, 6) is -0.142. The molecule has 0 saturated carbocycles. The van der Waals surface area contributed by atoms with Crippen molar-refractivity contribution < 1.29 is 14.3 Å². The van der Waals surface area contributed by atoms with Crippen LogP contribution in [0.15, 0.2) is 0 Å². The lowest BCUT2D eigenvalue weighted by Gasteiger charge is -2.13. The number of carbonyl (C=O) groups excluding carboxylic acids is 2. The van der Waals surface area contributed by atoms with Crippen LogP contribution in [0.5, 0.6) is 0 Å². The second kappa shape index (κ2) is 6.60. The molecule has 0 spiro atoms. The Balaban J connectivity index is 3.80. The zero-order valence-electron chi connectivity index (χ0n) is 8.42. The highest BCUT2D eigenvalue weighted by atomic mass is 16.5. The van der Waals surface area contributed by atoms with Crippen LogP contribution in [0.2, 0.25) is 0 Å². The summed E-state index contributed by atoms with van der Waals surface area (Å²) < 4.78 is 4.74. The summed E-state index contributed by atoms with van der Waals surface area (Å²) in [5, 5.41) is 2.63. The molecule has 1 atom stereocenters. The van der Waals surface area contributed by atoms with Gasteiger partial charge < -0.3 is 10.1 Å². The van der Waals surface area contributed by atoms with Crippen molar-refractivity contribution in [2.24, 2.45) is 0 Å². The van der Waals surface area contributed by atoms with Gasteiger partial charge >= 0.3 is 0 Å². The van der Waals surface area contributed by atoms with Gasteiger partial charge in [0.15, 0.2) is 5.78 Å². The summed E-state index contributed by atoms with van der Waals surface area (Å²) in [6.07, 6.45) is 0.939. The minimum Gasteiger partial charge on any atom is -0.384 e. The summed E-state index contributed by atoms with van der Waals surface area (Å²) in [7, 11) is 1.54. The van der Waals surface area contributed by atoms with E-state index in [9.17, 15) is 9.59 Å². The van der Waals surface area contributed by atoms with Crippen LogP contribution in [0.25, 0.3) is 0 Å². The zero-order chi connectivity index (χ0) is 10.3. The van der Waals surface area contributed by atoms with Gasteiger partial charge in [0.1, 0.15) is 0 Å². The third-order valence-corrected chi connectivity index (χ3v) is 1.77. The molecule has 0 aliphatic carbocycles. The summed E-state index contributed by atoms with van der Waals surface area (Å²) in [5.41, 5.74) is 0. The van der Waals surface area contributed by atoms with Gasteiger partial charge in [-0.3, -0.25) is 9.59 Å². The number of hydrogen-bond donors (Lipinski definition) is 1. The SMILES string of the molecule is CCC(NC(=O)CCOC)C(C)=O. The van der Waals surface area contributed by atoms with Gasteiger partial charge in [-0.05, 0) is 13.3 Å². The number of carbonyl (C=O) groups is 2. The second-order valence-corrected chi connectivity index (χ2v) is 2.88. The first-order chi connectivity index (χ1) is 6.11. The molecule has 0 aromatic rings. The average molecular weight is 187 g/mol. The van der Waals surface area contributed by atoms with E-state index >= 15 is 0 Å². The molecule has 0 bridgehead atoms. The Hall–Kier alpha value is -0.900. The Kier molecular flexibility index (Phi) is 6.14. The maximum Gasteiger partial charge on any atom is 0.222 e. The number of ketones is 1. The number of Topliss-reactive ketones (excluding diaryl/α,β-unsaturated/α-hetero) is 1. The molecule has 4 heteroatoms. The van der Waals surface area contributed by atoms with Crippen LogP contribution in [0.4, 0.5) is 0 Å². The predicted molar refractivity (Wildman–Crippen MR) is 49.4 cm³/mol. The minimum absolute atomic E-state index is 0.00623. The van der Waals surface area contributed by atoms with E-state index in [2.05, 4.69) is 5.32 Å². The standard InChI is InChI=1S/C9H17NO3/c1-4-8(7(2)11)10-9(12)5-6-13-3/h8H,4-6H2,1-3H3,(H,10,12). The number of methoxy groups -OCH3 is 1. The lowest BCUT2D eigenvalue weighted by atomic mass is 10.1. The number of nitrogens with one attached hydrogen (secondary N) is 1. The Morgan fingerprint density at radius 3 is 2.46 bits per heavy atom. The molecule has 1 N–H and O–H groups in total. The van der Waals surface area contributed by atoms with Crippen LogP contribution >= 0.6 is 0 Å². The number of amides is 1. The maximum atomic E-state index is 11.1. The number of ether oxygens (including phenoxy) is 1. The van der Waals surface area contributed by atoms with Gasteiger partial charge in [0, 0.05) is 13.5 Å². The molecule has 76 valence electrons. The molecule has 13 heavy (non-hydrogen) atoms. The van der Waals surface area contributed by atoms with E-state index in [0.717, 1.165) is 0 Å². The van der Waals surface area contributed by atoms with E-state index in [1.807, 2.05) is 6.92 Å². The summed E-state index contributed by atoms with van der Waals surface area (Å²) in [6, 6.07) is -0.343. The highest BCUT2D eigenvalue weighted by Gasteiger charge is 2.13. The quantitative estimate of drug-likeness (QED) is 0.659. The van der Waals surface area contributed by atoms with E-state index in [1.165, 1.54) is 14.0 Å². The van der Waals surface area contributed by atoms with Crippen LogP contribution in [-0.4, -0.2) is 31.4 Å². The fraction of sp³-hybridized carbons (Fsp3) is 0.778. The van der Waals surface area contributed by atoms with Crippen LogP contribution in [0.1, 0.15) is 26.7 Å².